The second-order valence-electron chi connectivity index (χ2n) is 7.36. The first-order valence-corrected chi connectivity index (χ1v) is 8.43. The number of methoxy groups -OCH3 is 2. The molecule has 138 valence electrons. The van der Waals surface area contributed by atoms with Crippen LogP contribution in [0.15, 0.2) is 47.1 Å². The summed E-state index contributed by atoms with van der Waals surface area (Å²) in [5.41, 5.74) is 7.26. The molecule has 0 bridgehead atoms. The second-order valence-corrected chi connectivity index (χ2v) is 7.36. The molecule has 0 radical (unpaired) electrons. The number of esters is 1. The number of carbonyl (C=O) groups excluding carboxylic acids is 2. The van der Waals surface area contributed by atoms with Gasteiger partial charge in [0.2, 0.25) is 5.88 Å². The molecule has 6 heteroatoms. The van der Waals surface area contributed by atoms with Crippen molar-refractivity contribution in [2.24, 2.45) is 11.1 Å². The number of benzene rings is 1. The Morgan fingerprint density at radius 3 is 2.42 bits per heavy atom. The average Bonchev–Trinajstić information content (AvgIpc) is 2.59. The minimum absolute atomic E-state index is 0.0121. The molecule has 2 aliphatic rings. The molecule has 2 N–H and O–H groups in total. The number of ether oxygens (including phenoxy) is 3. The SMILES string of the molecule is COC(=O)C1=C(N)OC2=C(C(=O)CC(C)(C)C2)C1c1ccc(OC)cc1. The first-order chi connectivity index (χ1) is 12.3. The summed E-state index contributed by atoms with van der Waals surface area (Å²) in [6, 6.07) is 7.21. The van der Waals surface area contributed by atoms with E-state index in [0.29, 0.717) is 29.9 Å². The summed E-state index contributed by atoms with van der Waals surface area (Å²) in [4.78, 5) is 25.3. The monoisotopic (exact) mass is 357 g/mol. The third-order valence-electron chi connectivity index (χ3n) is 4.81. The molecule has 3 rings (SSSR count). The zero-order valence-electron chi connectivity index (χ0n) is 15.4. The minimum atomic E-state index is -0.610. The van der Waals surface area contributed by atoms with Crippen molar-refractivity contribution < 1.29 is 23.8 Å². The highest BCUT2D eigenvalue weighted by molar-refractivity contribution is 6.03. The molecule has 6 nitrogen and oxygen atoms in total. The third-order valence-corrected chi connectivity index (χ3v) is 4.81. The minimum Gasteiger partial charge on any atom is -0.497 e. The Balaban J connectivity index is 2.17. The standard InChI is InChI=1S/C20H23NO5/c1-20(2)9-13(22)16-14(10-20)26-18(21)17(19(23)25-4)15(16)11-5-7-12(24-3)8-6-11/h5-8,15H,9-10,21H2,1-4H3. The summed E-state index contributed by atoms with van der Waals surface area (Å²) in [5.74, 6) is -0.0407. The predicted octanol–water partition coefficient (Wildman–Crippen LogP) is 2.80. The lowest BCUT2D eigenvalue weighted by atomic mass is 9.70. The summed E-state index contributed by atoms with van der Waals surface area (Å²) >= 11 is 0. The van der Waals surface area contributed by atoms with Gasteiger partial charge in [0.1, 0.15) is 17.1 Å². The maximum Gasteiger partial charge on any atom is 0.340 e. The molecule has 0 saturated carbocycles. The Morgan fingerprint density at radius 2 is 1.85 bits per heavy atom. The molecule has 0 saturated heterocycles. The number of hydrogen-bond acceptors (Lipinski definition) is 6. The second kappa shape index (κ2) is 6.52. The molecule has 1 aliphatic carbocycles. The van der Waals surface area contributed by atoms with Gasteiger partial charge in [0.15, 0.2) is 5.78 Å². The lowest BCUT2D eigenvalue weighted by Crippen LogP contribution is -2.35. The van der Waals surface area contributed by atoms with Crippen LogP contribution in [0.3, 0.4) is 0 Å². The van der Waals surface area contributed by atoms with Crippen molar-refractivity contribution in [2.45, 2.75) is 32.6 Å². The fourth-order valence-corrected chi connectivity index (χ4v) is 3.62. The highest BCUT2D eigenvalue weighted by atomic mass is 16.5. The normalized spacial score (nSPS) is 21.8. The maximum absolute atomic E-state index is 12.9. The van der Waals surface area contributed by atoms with Crippen LogP contribution in [0.2, 0.25) is 0 Å². The predicted molar refractivity (Wildman–Crippen MR) is 95.1 cm³/mol. The molecule has 1 aliphatic heterocycles. The largest absolute Gasteiger partial charge is 0.497 e. The van der Waals surface area contributed by atoms with Gasteiger partial charge in [0.25, 0.3) is 0 Å². The highest BCUT2D eigenvalue weighted by Crippen LogP contribution is 2.48. The fourth-order valence-electron chi connectivity index (χ4n) is 3.62. The van der Waals surface area contributed by atoms with Crippen LogP contribution in [0.1, 0.15) is 38.2 Å². The maximum atomic E-state index is 12.9. The van der Waals surface area contributed by atoms with Crippen molar-refractivity contribution in [1.82, 2.24) is 0 Å². The zero-order chi connectivity index (χ0) is 19.1. The molecular weight excluding hydrogens is 334 g/mol. The van der Waals surface area contributed by atoms with Gasteiger partial charge < -0.3 is 19.9 Å². The van der Waals surface area contributed by atoms with Crippen LogP contribution in [0.4, 0.5) is 0 Å². The fraction of sp³-hybridized carbons (Fsp3) is 0.400. The number of nitrogens with two attached hydrogens (primary N) is 1. The molecule has 0 fully saturated rings. The van der Waals surface area contributed by atoms with E-state index in [2.05, 4.69) is 0 Å². The quantitative estimate of drug-likeness (QED) is 0.837. The van der Waals surface area contributed by atoms with Gasteiger partial charge in [-0.25, -0.2) is 4.79 Å². The Kier molecular flexibility index (Phi) is 4.52. The summed E-state index contributed by atoms with van der Waals surface area (Å²) in [7, 11) is 2.86. The summed E-state index contributed by atoms with van der Waals surface area (Å²) in [5, 5.41) is 0. The molecule has 0 aromatic heterocycles. The van der Waals surface area contributed by atoms with Crippen LogP contribution >= 0.6 is 0 Å². The number of allylic oxidation sites excluding steroid dienone is 2. The van der Waals surface area contributed by atoms with Crippen LogP contribution in [-0.4, -0.2) is 26.0 Å². The van der Waals surface area contributed by atoms with Gasteiger partial charge in [-0.1, -0.05) is 26.0 Å². The summed E-state index contributed by atoms with van der Waals surface area (Å²) in [6.45, 7) is 4.02. The van der Waals surface area contributed by atoms with E-state index in [1.54, 1.807) is 19.2 Å². The Labute approximate surface area is 152 Å². The zero-order valence-corrected chi connectivity index (χ0v) is 15.4. The molecule has 1 aromatic carbocycles. The average molecular weight is 357 g/mol. The van der Waals surface area contributed by atoms with Gasteiger partial charge in [0.05, 0.1) is 20.1 Å². The Hall–Kier alpha value is -2.76. The Morgan fingerprint density at radius 1 is 1.19 bits per heavy atom. The summed E-state index contributed by atoms with van der Waals surface area (Å²) in [6.07, 6.45) is 0.964. The number of carbonyl (C=O) groups is 2. The molecule has 1 aromatic rings. The number of Topliss-reactive ketones (excluding diaryl/α,β-unsaturated/α-hetero) is 1. The van der Waals surface area contributed by atoms with Crippen molar-refractivity contribution in [3.05, 3.63) is 52.6 Å². The third kappa shape index (κ3) is 3.07. The van der Waals surface area contributed by atoms with Crippen LogP contribution in [0.25, 0.3) is 0 Å². The number of hydrogen-bond donors (Lipinski definition) is 1. The van der Waals surface area contributed by atoms with E-state index in [0.717, 1.165) is 5.56 Å². The van der Waals surface area contributed by atoms with Crippen molar-refractivity contribution in [2.75, 3.05) is 14.2 Å². The van der Waals surface area contributed by atoms with Crippen molar-refractivity contribution in [3.8, 4) is 5.75 Å². The van der Waals surface area contributed by atoms with Crippen molar-refractivity contribution in [1.29, 1.82) is 0 Å². The Bertz CT molecular complexity index is 817. The molecule has 1 unspecified atom stereocenters. The van der Waals surface area contributed by atoms with Gasteiger partial charge in [-0.15, -0.1) is 0 Å². The van der Waals surface area contributed by atoms with Crippen molar-refractivity contribution in [3.63, 3.8) is 0 Å². The molecule has 1 heterocycles. The molecule has 0 amide bonds. The van der Waals surface area contributed by atoms with Crippen LogP contribution in [0.5, 0.6) is 5.75 Å². The smallest absolute Gasteiger partial charge is 0.340 e. The van der Waals surface area contributed by atoms with E-state index in [9.17, 15) is 9.59 Å². The van der Waals surface area contributed by atoms with E-state index < -0.39 is 11.9 Å². The molecule has 0 spiro atoms. The van der Waals surface area contributed by atoms with Gasteiger partial charge in [-0.2, -0.15) is 0 Å². The van der Waals surface area contributed by atoms with E-state index in [-0.39, 0.29) is 22.7 Å². The van der Waals surface area contributed by atoms with E-state index >= 15 is 0 Å². The van der Waals surface area contributed by atoms with Crippen LogP contribution < -0.4 is 10.5 Å². The van der Waals surface area contributed by atoms with Gasteiger partial charge in [-0.3, -0.25) is 4.79 Å². The van der Waals surface area contributed by atoms with Crippen LogP contribution in [0, 0.1) is 5.41 Å². The topological polar surface area (TPSA) is 87.9 Å². The highest BCUT2D eigenvalue weighted by Gasteiger charge is 2.44. The first-order valence-electron chi connectivity index (χ1n) is 8.43. The van der Waals surface area contributed by atoms with E-state index in [1.807, 2.05) is 26.0 Å². The first kappa shape index (κ1) is 18.0. The summed E-state index contributed by atoms with van der Waals surface area (Å²) < 4.78 is 15.8. The number of ketones is 1. The van der Waals surface area contributed by atoms with Gasteiger partial charge in [-0.05, 0) is 23.1 Å². The molecule has 1 atom stereocenters. The lowest BCUT2D eigenvalue weighted by Gasteiger charge is -2.37. The van der Waals surface area contributed by atoms with Gasteiger partial charge >= 0.3 is 5.97 Å². The molecule has 26 heavy (non-hydrogen) atoms. The van der Waals surface area contributed by atoms with Crippen molar-refractivity contribution >= 4 is 11.8 Å². The van der Waals surface area contributed by atoms with E-state index in [4.69, 9.17) is 19.9 Å². The van der Waals surface area contributed by atoms with Crippen LogP contribution in [-0.2, 0) is 19.1 Å². The van der Waals surface area contributed by atoms with E-state index in [1.165, 1.54) is 7.11 Å². The van der Waals surface area contributed by atoms with Gasteiger partial charge in [0, 0.05) is 18.4 Å². The lowest BCUT2D eigenvalue weighted by molar-refractivity contribution is -0.136. The number of rotatable bonds is 3. The molecular formula is C20H23NO5.